The lowest BCUT2D eigenvalue weighted by atomic mass is 9.81. The minimum Gasteiger partial charge on any atom is -0.504 e. The average molecular weight is 397 g/mol. The second kappa shape index (κ2) is 6.52. The number of benzene rings is 1. The van der Waals surface area contributed by atoms with Crippen molar-refractivity contribution in [3.8, 4) is 22.8 Å². The Morgan fingerprint density at radius 2 is 2.07 bits per heavy atom. The molecule has 0 saturated carbocycles. The number of H-pyrrole nitrogens is 1. The molecule has 3 heterocycles. The summed E-state index contributed by atoms with van der Waals surface area (Å²) in [6.45, 7) is 4.28. The molecule has 0 bridgehead atoms. The Hall–Kier alpha value is -3.00. The summed E-state index contributed by atoms with van der Waals surface area (Å²) in [7, 11) is 0. The van der Waals surface area contributed by atoms with Crippen LogP contribution in [0.2, 0.25) is 0 Å². The second-order valence-electron chi connectivity index (χ2n) is 8.32. The standard InChI is InChI=1S/C21H23N3O5/c25-17-15-3-1-2-12-8-13(24-7-6-21(11-24)9-22-10-21)4-5-14(12)16(15)23-19(26)18(17)29-20(27)28/h4-5,8,22H,1-3,6-7,9-11H2,(H,27,28)(H2,23,25,26). The number of aromatic nitrogens is 1. The topological polar surface area (TPSA) is 115 Å². The minimum absolute atomic E-state index is 0.387. The first kappa shape index (κ1) is 18.1. The summed E-state index contributed by atoms with van der Waals surface area (Å²) >= 11 is 0. The number of aromatic hydroxyl groups is 1. The number of carbonyl (C=O) groups is 1. The Balaban J connectivity index is 1.53. The Bertz CT molecular complexity index is 1060. The van der Waals surface area contributed by atoms with Crippen molar-refractivity contribution in [3.63, 3.8) is 0 Å². The second-order valence-corrected chi connectivity index (χ2v) is 8.32. The maximum Gasteiger partial charge on any atom is 0.511 e. The summed E-state index contributed by atoms with van der Waals surface area (Å²) in [4.78, 5) is 28.3. The van der Waals surface area contributed by atoms with Crippen molar-refractivity contribution >= 4 is 11.8 Å². The third kappa shape index (κ3) is 2.95. The number of nitrogens with zero attached hydrogens (tertiary/aromatic N) is 1. The molecule has 2 saturated heterocycles. The van der Waals surface area contributed by atoms with Crippen LogP contribution < -0.4 is 20.5 Å². The number of nitrogens with one attached hydrogen (secondary N) is 2. The Kier molecular flexibility index (Phi) is 4.06. The fraction of sp³-hybridized carbons (Fsp3) is 0.429. The molecule has 8 nitrogen and oxygen atoms in total. The third-order valence-corrected chi connectivity index (χ3v) is 6.47. The lowest BCUT2D eigenvalue weighted by molar-refractivity contribution is 0.142. The molecule has 1 spiro atoms. The third-order valence-electron chi connectivity index (χ3n) is 6.47. The van der Waals surface area contributed by atoms with Crippen molar-refractivity contribution < 1.29 is 19.7 Å². The molecule has 0 unspecified atom stereocenters. The van der Waals surface area contributed by atoms with Crippen LogP contribution >= 0.6 is 0 Å². The van der Waals surface area contributed by atoms with E-state index < -0.39 is 17.5 Å². The van der Waals surface area contributed by atoms with Crippen molar-refractivity contribution in [2.24, 2.45) is 5.41 Å². The first-order valence-corrected chi connectivity index (χ1v) is 9.94. The van der Waals surface area contributed by atoms with Crippen molar-refractivity contribution in [3.05, 3.63) is 39.7 Å². The number of fused-ring (bicyclic) bond motifs is 3. The van der Waals surface area contributed by atoms with E-state index in [0.29, 0.717) is 23.1 Å². The van der Waals surface area contributed by atoms with Gasteiger partial charge in [0.05, 0.1) is 5.69 Å². The number of pyridine rings is 1. The predicted octanol–water partition coefficient (Wildman–Crippen LogP) is 2.09. The molecular formula is C21H23N3O5. The molecule has 152 valence electrons. The van der Waals surface area contributed by atoms with Crippen LogP contribution in [0, 0.1) is 5.41 Å². The smallest absolute Gasteiger partial charge is 0.504 e. The highest BCUT2D eigenvalue weighted by Gasteiger charge is 2.43. The monoisotopic (exact) mass is 397 g/mol. The van der Waals surface area contributed by atoms with E-state index in [-0.39, 0.29) is 5.75 Å². The molecular weight excluding hydrogens is 374 g/mol. The molecule has 4 N–H and O–H groups in total. The van der Waals surface area contributed by atoms with Crippen LogP contribution in [0.1, 0.15) is 24.0 Å². The van der Waals surface area contributed by atoms with Crippen molar-refractivity contribution in [1.29, 1.82) is 0 Å². The summed E-state index contributed by atoms with van der Waals surface area (Å²) in [6.07, 6.45) is 1.69. The van der Waals surface area contributed by atoms with Crippen molar-refractivity contribution in [1.82, 2.24) is 10.3 Å². The van der Waals surface area contributed by atoms with Crippen LogP contribution in [0.15, 0.2) is 23.0 Å². The zero-order valence-electron chi connectivity index (χ0n) is 16.0. The molecule has 1 aliphatic carbocycles. The number of hydrogen-bond acceptors (Lipinski definition) is 6. The first-order chi connectivity index (χ1) is 14.0. The van der Waals surface area contributed by atoms with E-state index in [1.54, 1.807) is 0 Å². The molecule has 2 aromatic rings. The van der Waals surface area contributed by atoms with Gasteiger partial charge in [-0.1, -0.05) is 6.07 Å². The Morgan fingerprint density at radius 1 is 1.24 bits per heavy atom. The summed E-state index contributed by atoms with van der Waals surface area (Å²) in [6, 6.07) is 6.24. The summed E-state index contributed by atoms with van der Waals surface area (Å²) < 4.78 is 4.50. The van der Waals surface area contributed by atoms with Gasteiger partial charge in [0.2, 0.25) is 5.75 Å². The van der Waals surface area contributed by atoms with Crippen LogP contribution in [0.3, 0.4) is 0 Å². The normalized spacial score (nSPS) is 19.2. The molecule has 2 aliphatic heterocycles. The molecule has 1 aromatic heterocycles. The van der Waals surface area contributed by atoms with Gasteiger partial charge in [-0.15, -0.1) is 0 Å². The maximum absolute atomic E-state index is 12.3. The zero-order chi connectivity index (χ0) is 20.2. The van der Waals surface area contributed by atoms with Gasteiger partial charge in [-0.2, -0.15) is 0 Å². The molecule has 0 atom stereocenters. The molecule has 0 amide bonds. The van der Waals surface area contributed by atoms with Crippen LogP contribution in [0.25, 0.3) is 11.3 Å². The van der Waals surface area contributed by atoms with E-state index in [1.807, 2.05) is 6.07 Å². The SMILES string of the molecule is O=C(O)Oc1c(O)c2c([nH]c1=O)-c1ccc(N3CCC4(CNC4)C3)cc1CCC2. The number of rotatable bonds is 2. The van der Waals surface area contributed by atoms with E-state index in [9.17, 15) is 14.7 Å². The van der Waals surface area contributed by atoms with Gasteiger partial charge in [-0.25, -0.2) is 4.79 Å². The molecule has 3 aliphatic rings. The highest BCUT2D eigenvalue weighted by atomic mass is 16.7. The van der Waals surface area contributed by atoms with E-state index in [2.05, 4.69) is 32.1 Å². The van der Waals surface area contributed by atoms with E-state index in [0.717, 1.165) is 50.1 Å². The lowest BCUT2D eigenvalue weighted by Gasteiger charge is -2.39. The number of aryl methyl sites for hydroxylation is 1. The fourth-order valence-electron chi connectivity index (χ4n) is 4.87. The maximum atomic E-state index is 12.3. The first-order valence-electron chi connectivity index (χ1n) is 9.94. The largest absolute Gasteiger partial charge is 0.511 e. The molecule has 29 heavy (non-hydrogen) atoms. The van der Waals surface area contributed by atoms with Gasteiger partial charge in [0.1, 0.15) is 0 Å². The Morgan fingerprint density at radius 3 is 2.76 bits per heavy atom. The van der Waals surface area contributed by atoms with E-state index in [1.165, 1.54) is 12.1 Å². The van der Waals surface area contributed by atoms with Crippen molar-refractivity contribution in [2.75, 3.05) is 31.1 Å². The summed E-state index contributed by atoms with van der Waals surface area (Å²) in [5.41, 5.74) is 3.91. The number of hydrogen-bond donors (Lipinski definition) is 4. The highest BCUT2D eigenvalue weighted by molar-refractivity contribution is 5.75. The van der Waals surface area contributed by atoms with Crippen molar-refractivity contribution in [2.45, 2.75) is 25.7 Å². The van der Waals surface area contributed by atoms with Crippen LogP contribution in [-0.2, 0) is 12.8 Å². The molecule has 8 heteroatoms. The van der Waals surface area contributed by atoms with E-state index >= 15 is 0 Å². The number of anilines is 1. The van der Waals surface area contributed by atoms with Crippen LogP contribution in [0.4, 0.5) is 10.5 Å². The van der Waals surface area contributed by atoms with Gasteiger partial charge in [-0.05, 0) is 43.4 Å². The predicted molar refractivity (Wildman–Crippen MR) is 107 cm³/mol. The number of aromatic amines is 1. The minimum atomic E-state index is -1.63. The van der Waals surface area contributed by atoms with E-state index in [4.69, 9.17) is 5.11 Å². The van der Waals surface area contributed by atoms with Crippen LogP contribution in [0.5, 0.6) is 11.5 Å². The Labute approximate surface area is 167 Å². The summed E-state index contributed by atoms with van der Waals surface area (Å²) in [5.74, 6) is -0.949. The molecule has 0 radical (unpaired) electrons. The lowest BCUT2D eigenvalue weighted by Crippen LogP contribution is -2.54. The van der Waals surface area contributed by atoms with Gasteiger partial charge in [-0.3, -0.25) is 4.79 Å². The molecule has 1 aromatic carbocycles. The zero-order valence-corrected chi connectivity index (χ0v) is 16.0. The number of ether oxygens (including phenoxy) is 1. The van der Waals surface area contributed by atoms with Gasteiger partial charge in [0, 0.05) is 48.4 Å². The summed E-state index contributed by atoms with van der Waals surface area (Å²) in [5, 5.41) is 22.7. The van der Waals surface area contributed by atoms with Gasteiger partial charge in [0.25, 0.3) is 5.56 Å². The molecule has 5 rings (SSSR count). The number of carboxylic acid groups (broad SMARTS) is 1. The molecule has 2 fully saturated rings. The fourth-order valence-corrected chi connectivity index (χ4v) is 4.87. The highest BCUT2D eigenvalue weighted by Crippen LogP contribution is 2.41. The average Bonchev–Trinajstić information content (AvgIpc) is 3.05. The van der Waals surface area contributed by atoms with Crippen LogP contribution in [-0.4, -0.2) is 47.5 Å². The van der Waals surface area contributed by atoms with Gasteiger partial charge < -0.3 is 30.2 Å². The van der Waals surface area contributed by atoms with Gasteiger partial charge in [0.15, 0.2) is 5.75 Å². The van der Waals surface area contributed by atoms with Gasteiger partial charge >= 0.3 is 6.16 Å². The quantitative estimate of drug-likeness (QED) is 0.574.